The molecule has 0 spiro atoms. The zero-order valence-electron chi connectivity index (χ0n) is 11.5. The maximum absolute atomic E-state index is 10.7. The molecule has 0 bridgehead atoms. The molecule has 0 atom stereocenters. The predicted molar refractivity (Wildman–Crippen MR) is 80.4 cm³/mol. The Kier molecular flexibility index (Phi) is 4.76. The van der Waals surface area contributed by atoms with Crippen molar-refractivity contribution < 1.29 is 10.4 Å². The first-order chi connectivity index (χ1) is 9.97. The molecule has 0 heterocycles. The van der Waals surface area contributed by atoms with E-state index in [2.05, 4.69) is 10.5 Å². The number of anilines is 3. The molecule has 0 saturated heterocycles. The highest BCUT2D eigenvalue weighted by Gasteiger charge is 2.09. The van der Waals surface area contributed by atoms with Crippen molar-refractivity contribution >= 4 is 22.8 Å². The molecule has 0 amide bonds. The van der Waals surface area contributed by atoms with Crippen LogP contribution < -0.4 is 15.9 Å². The number of rotatable bonds is 4. The lowest BCUT2D eigenvalue weighted by molar-refractivity contribution is 0.0295. The summed E-state index contributed by atoms with van der Waals surface area (Å²) in [6.45, 7) is 2.02. The van der Waals surface area contributed by atoms with E-state index < -0.39 is 5.23 Å². The van der Waals surface area contributed by atoms with Crippen molar-refractivity contribution in [2.75, 3.05) is 15.9 Å². The van der Waals surface area contributed by atoms with Gasteiger partial charge in [-0.1, -0.05) is 5.57 Å². The van der Waals surface area contributed by atoms with E-state index in [0.717, 1.165) is 31.0 Å². The Morgan fingerprint density at radius 2 is 2.00 bits per heavy atom. The van der Waals surface area contributed by atoms with E-state index in [9.17, 15) is 10.4 Å². The summed E-state index contributed by atoms with van der Waals surface area (Å²) in [6, 6.07) is 3.68. The third-order valence-electron chi connectivity index (χ3n) is 3.14. The number of allylic oxidation sites excluding steroid dienone is 2. The number of nitrogens with zero attached hydrogens (tertiary/aromatic N) is 3. The Labute approximate surface area is 121 Å². The second-order valence-corrected chi connectivity index (χ2v) is 4.81. The van der Waals surface area contributed by atoms with E-state index >= 15 is 0 Å². The lowest BCUT2D eigenvalue weighted by atomic mass is 10.00. The number of benzene rings is 1. The van der Waals surface area contributed by atoms with Crippen LogP contribution in [0.4, 0.5) is 17.1 Å². The monoisotopic (exact) mass is 292 g/mol. The van der Waals surface area contributed by atoms with Gasteiger partial charge in [-0.2, -0.15) is 5.10 Å². The van der Waals surface area contributed by atoms with Crippen molar-refractivity contribution in [3.63, 3.8) is 0 Å². The Balaban J connectivity index is 2.23. The van der Waals surface area contributed by atoms with Crippen molar-refractivity contribution in [1.82, 2.24) is 0 Å². The van der Waals surface area contributed by atoms with Gasteiger partial charge in [-0.15, -0.1) is 5.23 Å². The van der Waals surface area contributed by atoms with Crippen LogP contribution in [0.25, 0.3) is 0 Å². The van der Waals surface area contributed by atoms with Crippen LogP contribution in [0.3, 0.4) is 0 Å². The Hall–Kier alpha value is -2.13. The van der Waals surface area contributed by atoms with E-state index in [-0.39, 0.29) is 22.3 Å². The Bertz CT molecular complexity index is 569. The Morgan fingerprint density at radius 1 is 1.24 bits per heavy atom. The van der Waals surface area contributed by atoms with Crippen LogP contribution in [0, 0.1) is 10.4 Å². The van der Waals surface area contributed by atoms with Crippen molar-refractivity contribution in [2.45, 2.75) is 26.2 Å². The first-order valence-electron chi connectivity index (χ1n) is 6.43. The molecular weight excluding hydrogens is 276 g/mol. The molecule has 0 aromatic heterocycles. The fourth-order valence-electron chi connectivity index (χ4n) is 2.09. The minimum absolute atomic E-state index is 0.148. The molecule has 1 aliphatic rings. The van der Waals surface area contributed by atoms with Gasteiger partial charge in [0.2, 0.25) is 0 Å². The minimum Gasteiger partial charge on any atom is -0.769 e. The maximum Gasteiger partial charge on any atom is 0.121 e. The molecule has 8 heteroatoms. The van der Waals surface area contributed by atoms with Crippen LogP contribution in [0.1, 0.15) is 26.2 Å². The molecule has 0 aliphatic heterocycles. The maximum atomic E-state index is 10.7. The molecular formula is C13H16N4O4-2. The highest BCUT2D eigenvalue weighted by molar-refractivity contribution is 5.96. The molecule has 8 nitrogen and oxygen atoms in total. The van der Waals surface area contributed by atoms with E-state index in [4.69, 9.17) is 10.4 Å². The minimum atomic E-state index is -0.615. The lowest BCUT2D eigenvalue weighted by Gasteiger charge is -2.37. The van der Waals surface area contributed by atoms with E-state index in [0.29, 0.717) is 0 Å². The van der Waals surface area contributed by atoms with E-state index in [1.54, 1.807) is 0 Å². The summed E-state index contributed by atoms with van der Waals surface area (Å²) in [5.41, 5.74) is 4.66. The average Bonchev–Trinajstić information content (AvgIpc) is 2.44. The molecule has 114 valence electrons. The standard InChI is InChI=1S/C13H16N4O4/c1-9-3-2-4-10(7-9)14-15-12-6-5-11(16(18)19)8-13(12)17(20)21/h5-8,15,20-21H,2-4H2,1H3/q-2. The van der Waals surface area contributed by atoms with Gasteiger partial charge in [0.05, 0.1) is 11.4 Å². The van der Waals surface area contributed by atoms with Gasteiger partial charge in [0.1, 0.15) is 5.69 Å². The third kappa shape index (κ3) is 3.92. The number of hydrogen-bond donors (Lipinski definition) is 3. The number of hydrogen-bond acceptors (Lipinski definition) is 8. The first kappa shape index (κ1) is 15.3. The van der Waals surface area contributed by atoms with Gasteiger partial charge in [-0.3, -0.25) is 15.8 Å². The normalized spacial score (nSPS) is 16.6. The quantitative estimate of drug-likeness (QED) is 0.730. The van der Waals surface area contributed by atoms with Crippen molar-refractivity contribution in [1.29, 1.82) is 0 Å². The summed E-state index contributed by atoms with van der Waals surface area (Å²) in [7, 11) is 0. The summed E-state index contributed by atoms with van der Waals surface area (Å²) in [4.78, 5) is 0. The highest BCUT2D eigenvalue weighted by Crippen LogP contribution is 2.29. The largest absolute Gasteiger partial charge is 0.769 e. The lowest BCUT2D eigenvalue weighted by Crippen LogP contribution is -2.14. The Morgan fingerprint density at radius 3 is 2.62 bits per heavy atom. The zero-order valence-corrected chi connectivity index (χ0v) is 11.5. The molecule has 1 aliphatic carbocycles. The summed E-state index contributed by atoms with van der Waals surface area (Å²) < 4.78 is 0. The van der Waals surface area contributed by atoms with Crippen molar-refractivity contribution in [3.05, 3.63) is 40.3 Å². The van der Waals surface area contributed by atoms with Crippen LogP contribution in [-0.4, -0.2) is 16.1 Å². The van der Waals surface area contributed by atoms with Gasteiger partial charge in [0, 0.05) is 5.69 Å². The smallest absolute Gasteiger partial charge is 0.121 e. The molecule has 1 aromatic rings. The third-order valence-corrected chi connectivity index (χ3v) is 3.14. The summed E-state index contributed by atoms with van der Waals surface area (Å²) >= 11 is 0. The highest BCUT2D eigenvalue weighted by atomic mass is 16.8. The van der Waals surface area contributed by atoms with Gasteiger partial charge in [-0.05, 0) is 50.5 Å². The predicted octanol–water partition coefficient (Wildman–Crippen LogP) is 2.97. The summed E-state index contributed by atoms with van der Waals surface area (Å²) in [5.74, 6) is 0. The van der Waals surface area contributed by atoms with Crippen molar-refractivity contribution in [2.24, 2.45) is 5.10 Å². The summed E-state index contributed by atoms with van der Waals surface area (Å²) in [5, 5.41) is 43.1. The first-order valence-corrected chi connectivity index (χ1v) is 6.43. The topological polar surface area (TPSA) is 117 Å². The van der Waals surface area contributed by atoms with Gasteiger partial charge in [-0.25, -0.2) is 0 Å². The van der Waals surface area contributed by atoms with Crippen LogP contribution in [0.15, 0.2) is 34.9 Å². The van der Waals surface area contributed by atoms with Gasteiger partial charge < -0.3 is 15.6 Å². The fourth-order valence-corrected chi connectivity index (χ4v) is 2.09. The SMILES string of the molecule is CC1=CC(=NNc2ccc(N([O-])[O-])cc2N(O)O)CCC1. The molecule has 1 aromatic carbocycles. The van der Waals surface area contributed by atoms with Gasteiger partial charge >= 0.3 is 0 Å². The second-order valence-electron chi connectivity index (χ2n) is 4.81. The fraction of sp³-hybridized carbons (Fsp3) is 0.308. The molecule has 2 rings (SSSR count). The van der Waals surface area contributed by atoms with Crippen LogP contribution in [0.5, 0.6) is 0 Å². The summed E-state index contributed by atoms with van der Waals surface area (Å²) in [6.07, 6.45) is 4.86. The van der Waals surface area contributed by atoms with Gasteiger partial charge in [0.15, 0.2) is 0 Å². The molecule has 3 N–H and O–H groups in total. The van der Waals surface area contributed by atoms with Gasteiger partial charge in [0.25, 0.3) is 0 Å². The van der Waals surface area contributed by atoms with E-state index in [1.807, 2.05) is 13.0 Å². The van der Waals surface area contributed by atoms with Crippen molar-refractivity contribution in [3.8, 4) is 0 Å². The molecule has 21 heavy (non-hydrogen) atoms. The average molecular weight is 292 g/mol. The molecule has 0 radical (unpaired) electrons. The van der Waals surface area contributed by atoms with E-state index in [1.165, 1.54) is 17.7 Å². The van der Waals surface area contributed by atoms with Crippen LogP contribution in [0.2, 0.25) is 0 Å². The molecule has 0 saturated carbocycles. The van der Waals surface area contributed by atoms with Crippen LogP contribution >= 0.6 is 0 Å². The second kappa shape index (κ2) is 6.55. The number of hydrazone groups is 1. The molecule has 0 fully saturated rings. The molecule has 0 unspecified atom stereocenters. The zero-order chi connectivity index (χ0) is 15.4. The van der Waals surface area contributed by atoms with Crippen LogP contribution in [-0.2, 0) is 0 Å². The number of nitrogens with one attached hydrogen (secondary N) is 1.